The SMILES string of the molecule is COc1cc2c(=O)oc(=O)[nH]c2cc1Br. The van der Waals surface area contributed by atoms with Crippen LogP contribution in [0, 0.1) is 0 Å². The molecule has 1 heterocycles. The van der Waals surface area contributed by atoms with Crippen molar-refractivity contribution in [3.8, 4) is 5.75 Å². The van der Waals surface area contributed by atoms with E-state index in [9.17, 15) is 9.59 Å². The van der Waals surface area contributed by atoms with Crippen LogP contribution >= 0.6 is 15.9 Å². The second kappa shape index (κ2) is 3.54. The monoisotopic (exact) mass is 271 g/mol. The van der Waals surface area contributed by atoms with Crippen LogP contribution in [0.3, 0.4) is 0 Å². The van der Waals surface area contributed by atoms with Crippen LogP contribution in [0.5, 0.6) is 5.75 Å². The minimum absolute atomic E-state index is 0.273. The van der Waals surface area contributed by atoms with Crippen LogP contribution in [0.4, 0.5) is 0 Å². The van der Waals surface area contributed by atoms with Gasteiger partial charge in [-0.05, 0) is 28.1 Å². The fourth-order valence-electron chi connectivity index (χ4n) is 1.26. The first-order valence-corrected chi connectivity index (χ1v) is 4.82. The molecule has 0 saturated carbocycles. The Labute approximate surface area is 91.8 Å². The van der Waals surface area contributed by atoms with Gasteiger partial charge in [-0.25, -0.2) is 9.59 Å². The highest BCUT2D eigenvalue weighted by Gasteiger charge is 2.07. The van der Waals surface area contributed by atoms with Crippen LogP contribution in [0.25, 0.3) is 10.9 Å². The third kappa shape index (κ3) is 1.68. The molecule has 0 fully saturated rings. The smallest absolute Gasteiger partial charge is 0.419 e. The minimum atomic E-state index is -0.774. The summed E-state index contributed by atoms with van der Waals surface area (Å²) in [7, 11) is 1.49. The normalized spacial score (nSPS) is 10.5. The molecule has 0 aliphatic carbocycles. The van der Waals surface area contributed by atoms with Crippen molar-refractivity contribution in [2.24, 2.45) is 0 Å². The van der Waals surface area contributed by atoms with Crippen molar-refractivity contribution in [2.45, 2.75) is 0 Å². The number of hydrogen-bond donors (Lipinski definition) is 1. The summed E-state index contributed by atoms with van der Waals surface area (Å²) < 4.78 is 10.1. The predicted octanol–water partition coefficient (Wildman–Crippen LogP) is 1.25. The number of methoxy groups -OCH3 is 1. The summed E-state index contributed by atoms with van der Waals surface area (Å²) in [5.74, 6) is -0.272. The molecule has 0 atom stereocenters. The third-order valence-corrected chi connectivity index (χ3v) is 2.55. The molecule has 1 aromatic heterocycles. The quantitative estimate of drug-likeness (QED) is 0.848. The molecule has 1 aromatic carbocycles. The van der Waals surface area contributed by atoms with Crippen LogP contribution in [0.2, 0.25) is 0 Å². The van der Waals surface area contributed by atoms with Gasteiger partial charge >= 0.3 is 11.4 Å². The molecule has 2 aromatic rings. The summed E-state index contributed by atoms with van der Waals surface area (Å²) in [6.45, 7) is 0. The van der Waals surface area contributed by atoms with Gasteiger partial charge in [0.05, 0.1) is 22.5 Å². The topological polar surface area (TPSA) is 72.3 Å². The molecule has 0 unspecified atom stereocenters. The zero-order chi connectivity index (χ0) is 11.0. The van der Waals surface area contributed by atoms with E-state index in [0.717, 1.165) is 0 Å². The molecule has 78 valence electrons. The molecule has 15 heavy (non-hydrogen) atoms. The molecular weight excluding hydrogens is 266 g/mol. The van der Waals surface area contributed by atoms with Gasteiger partial charge in [0.1, 0.15) is 5.75 Å². The van der Waals surface area contributed by atoms with Gasteiger partial charge in [-0.2, -0.15) is 0 Å². The first-order valence-electron chi connectivity index (χ1n) is 4.02. The van der Waals surface area contributed by atoms with Gasteiger partial charge in [0.25, 0.3) is 0 Å². The van der Waals surface area contributed by atoms with Crippen molar-refractivity contribution in [3.63, 3.8) is 0 Å². The fourth-order valence-corrected chi connectivity index (χ4v) is 1.76. The molecule has 0 amide bonds. The van der Waals surface area contributed by atoms with E-state index in [1.165, 1.54) is 13.2 Å². The number of ether oxygens (including phenoxy) is 1. The lowest BCUT2D eigenvalue weighted by Crippen LogP contribution is -2.14. The molecule has 0 aliphatic heterocycles. The zero-order valence-electron chi connectivity index (χ0n) is 7.67. The second-order valence-corrected chi connectivity index (χ2v) is 3.69. The van der Waals surface area contributed by atoms with Gasteiger partial charge in [0.15, 0.2) is 0 Å². The Kier molecular flexibility index (Phi) is 2.36. The van der Waals surface area contributed by atoms with Crippen molar-refractivity contribution in [1.29, 1.82) is 0 Å². The average molecular weight is 272 g/mol. The maximum atomic E-state index is 11.3. The van der Waals surface area contributed by atoms with Crippen molar-refractivity contribution in [3.05, 3.63) is 37.6 Å². The van der Waals surface area contributed by atoms with Gasteiger partial charge in [-0.3, -0.25) is 4.98 Å². The van der Waals surface area contributed by atoms with Crippen molar-refractivity contribution >= 4 is 26.8 Å². The third-order valence-electron chi connectivity index (χ3n) is 1.93. The number of aromatic amines is 1. The van der Waals surface area contributed by atoms with Gasteiger partial charge in [-0.1, -0.05) is 0 Å². The highest BCUT2D eigenvalue weighted by atomic mass is 79.9. The van der Waals surface area contributed by atoms with Crippen molar-refractivity contribution in [1.82, 2.24) is 4.98 Å². The molecule has 6 heteroatoms. The number of halogens is 1. The highest BCUT2D eigenvalue weighted by molar-refractivity contribution is 9.10. The number of rotatable bonds is 1. The zero-order valence-corrected chi connectivity index (χ0v) is 9.25. The second-order valence-electron chi connectivity index (χ2n) is 2.83. The Morgan fingerprint density at radius 3 is 2.80 bits per heavy atom. The summed E-state index contributed by atoms with van der Waals surface area (Å²) in [6.07, 6.45) is 0. The Hall–Kier alpha value is -1.56. The summed E-state index contributed by atoms with van der Waals surface area (Å²) in [5, 5.41) is 0.273. The lowest BCUT2D eigenvalue weighted by molar-refractivity contribution is 0.412. The van der Waals surface area contributed by atoms with Crippen molar-refractivity contribution in [2.75, 3.05) is 7.11 Å². The number of fused-ring (bicyclic) bond motifs is 1. The molecule has 0 saturated heterocycles. The highest BCUT2D eigenvalue weighted by Crippen LogP contribution is 2.27. The van der Waals surface area contributed by atoms with Gasteiger partial charge in [0.2, 0.25) is 0 Å². The maximum absolute atomic E-state index is 11.3. The van der Waals surface area contributed by atoms with Gasteiger partial charge in [0, 0.05) is 0 Å². The van der Waals surface area contributed by atoms with E-state index in [0.29, 0.717) is 15.7 Å². The van der Waals surface area contributed by atoms with E-state index in [2.05, 4.69) is 25.3 Å². The Morgan fingerprint density at radius 1 is 1.40 bits per heavy atom. The van der Waals surface area contributed by atoms with E-state index in [4.69, 9.17) is 4.74 Å². The molecular formula is C9H6BrNO4. The molecule has 0 aliphatic rings. The molecule has 2 rings (SSSR count). The predicted molar refractivity (Wildman–Crippen MR) is 57.4 cm³/mol. The lowest BCUT2D eigenvalue weighted by atomic mass is 10.2. The lowest BCUT2D eigenvalue weighted by Gasteiger charge is -2.03. The van der Waals surface area contributed by atoms with E-state index in [1.54, 1.807) is 6.07 Å². The molecule has 1 N–H and O–H groups in total. The molecule has 0 radical (unpaired) electrons. The minimum Gasteiger partial charge on any atom is -0.496 e. The van der Waals surface area contributed by atoms with Crippen LogP contribution < -0.4 is 16.1 Å². The number of hydrogen-bond acceptors (Lipinski definition) is 4. The number of benzene rings is 1. The standard InChI is InChI=1S/C9H6BrNO4/c1-14-7-2-4-6(3-5(7)10)11-9(13)15-8(4)12/h2-3H,1H3,(H,11,13). The maximum Gasteiger partial charge on any atom is 0.419 e. The fraction of sp³-hybridized carbons (Fsp3) is 0.111. The van der Waals surface area contributed by atoms with Gasteiger partial charge in [-0.15, -0.1) is 0 Å². The largest absolute Gasteiger partial charge is 0.496 e. The van der Waals surface area contributed by atoms with E-state index in [1.807, 2.05) is 0 Å². The Balaban J connectivity index is 2.94. The first-order chi connectivity index (χ1) is 7.11. The molecule has 0 bridgehead atoms. The number of H-pyrrole nitrogens is 1. The summed E-state index contributed by atoms with van der Waals surface area (Å²) in [6, 6.07) is 3.09. The van der Waals surface area contributed by atoms with Gasteiger partial charge < -0.3 is 9.15 Å². The first kappa shape index (κ1) is 9.97. The van der Waals surface area contributed by atoms with Crippen molar-refractivity contribution < 1.29 is 9.15 Å². The summed E-state index contributed by atoms with van der Waals surface area (Å²) in [4.78, 5) is 24.6. The molecule has 0 spiro atoms. The molecule has 5 nitrogen and oxygen atoms in total. The number of nitrogens with one attached hydrogen (secondary N) is 1. The van der Waals surface area contributed by atoms with Crippen LogP contribution in [0.1, 0.15) is 0 Å². The van der Waals surface area contributed by atoms with Crippen LogP contribution in [-0.2, 0) is 0 Å². The number of aromatic nitrogens is 1. The van der Waals surface area contributed by atoms with Crippen LogP contribution in [0.15, 0.2) is 30.6 Å². The average Bonchev–Trinajstić information content (AvgIpc) is 2.16. The summed E-state index contributed by atoms with van der Waals surface area (Å²) >= 11 is 3.25. The Bertz CT molecular complexity index is 628. The van der Waals surface area contributed by atoms with E-state index in [-0.39, 0.29) is 5.39 Å². The Morgan fingerprint density at radius 2 is 2.13 bits per heavy atom. The van der Waals surface area contributed by atoms with E-state index >= 15 is 0 Å². The van der Waals surface area contributed by atoms with E-state index < -0.39 is 11.4 Å². The summed E-state index contributed by atoms with van der Waals surface area (Å²) in [5.41, 5.74) is -0.275. The van der Waals surface area contributed by atoms with Crippen LogP contribution in [-0.4, -0.2) is 12.1 Å².